The van der Waals surface area contributed by atoms with Crippen LogP contribution in [0.4, 0.5) is 0 Å². The first-order chi connectivity index (χ1) is 11.6. The van der Waals surface area contributed by atoms with Gasteiger partial charge in [-0.25, -0.2) is 4.98 Å². The maximum Gasteiger partial charge on any atom is 0.258 e. The molecule has 0 saturated carbocycles. The van der Waals surface area contributed by atoms with Gasteiger partial charge in [-0.05, 0) is 25.5 Å². The fourth-order valence-electron chi connectivity index (χ4n) is 2.60. The van der Waals surface area contributed by atoms with Crippen molar-refractivity contribution >= 4 is 10.9 Å². The van der Waals surface area contributed by atoms with E-state index in [1.54, 1.807) is 13.0 Å². The third-order valence-corrected chi connectivity index (χ3v) is 4.14. The lowest BCUT2D eigenvalue weighted by Crippen LogP contribution is -2.33. The number of H-pyrrole nitrogens is 1. The van der Waals surface area contributed by atoms with Crippen molar-refractivity contribution in [2.24, 2.45) is 0 Å². The number of nitrogens with zero attached hydrogens (tertiary/aromatic N) is 4. The van der Waals surface area contributed by atoms with E-state index in [0.717, 1.165) is 6.42 Å². The second-order valence-corrected chi connectivity index (χ2v) is 5.91. The van der Waals surface area contributed by atoms with Gasteiger partial charge in [0.25, 0.3) is 5.56 Å². The number of benzene rings is 1. The van der Waals surface area contributed by atoms with Gasteiger partial charge in [0.1, 0.15) is 5.82 Å². The Morgan fingerprint density at radius 1 is 1.25 bits per heavy atom. The summed E-state index contributed by atoms with van der Waals surface area (Å²) in [5.41, 5.74) is 0.585. The molecule has 0 aliphatic rings. The van der Waals surface area contributed by atoms with Crippen LogP contribution in [0.2, 0.25) is 0 Å². The first-order valence-corrected chi connectivity index (χ1v) is 8.07. The molecule has 24 heavy (non-hydrogen) atoms. The molecular formula is C17H21N5O2. The van der Waals surface area contributed by atoms with Gasteiger partial charge in [-0.15, -0.1) is 10.2 Å². The summed E-state index contributed by atoms with van der Waals surface area (Å²) in [4.78, 5) is 21.8. The molecule has 1 N–H and O–H groups in total. The molecule has 2 aromatic heterocycles. The summed E-state index contributed by atoms with van der Waals surface area (Å²) < 4.78 is 5.48. The van der Waals surface area contributed by atoms with Crippen molar-refractivity contribution in [3.63, 3.8) is 0 Å². The van der Waals surface area contributed by atoms with Crippen LogP contribution in [0.15, 0.2) is 33.5 Å². The van der Waals surface area contributed by atoms with Crippen LogP contribution in [-0.2, 0) is 13.1 Å². The number of nitrogens with one attached hydrogen (secondary N) is 1. The average Bonchev–Trinajstić information content (AvgIpc) is 2.98. The highest BCUT2D eigenvalue weighted by Gasteiger charge is 2.18. The molecule has 0 bridgehead atoms. The Morgan fingerprint density at radius 3 is 2.75 bits per heavy atom. The second kappa shape index (κ2) is 6.92. The first-order valence-electron chi connectivity index (χ1n) is 8.07. The average molecular weight is 327 g/mol. The van der Waals surface area contributed by atoms with Crippen molar-refractivity contribution in [2.45, 2.75) is 46.3 Å². The molecule has 7 nitrogen and oxygen atoms in total. The van der Waals surface area contributed by atoms with Gasteiger partial charge in [0.15, 0.2) is 0 Å². The van der Waals surface area contributed by atoms with Gasteiger partial charge >= 0.3 is 0 Å². The van der Waals surface area contributed by atoms with Crippen molar-refractivity contribution in [2.75, 3.05) is 0 Å². The molecule has 0 aliphatic carbocycles. The monoisotopic (exact) mass is 327 g/mol. The third-order valence-electron chi connectivity index (χ3n) is 4.14. The van der Waals surface area contributed by atoms with E-state index in [-0.39, 0.29) is 11.6 Å². The van der Waals surface area contributed by atoms with E-state index >= 15 is 0 Å². The van der Waals surface area contributed by atoms with Gasteiger partial charge in [0, 0.05) is 13.0 Å². The van der Waals surface area contributed by atoms with Crippen LogP contribution in [0, 0.1) is 6.92 Å². The number of hydrogen-bond donors (Lipinski definition) is 1. The van der Waals surface area contributed by atoms with Crippen molar-refractivity contribution in [1.29, 1.82) is 0 Å². The number of hydrogen-bond acceptors (Lipinski definition) is 6. The van der Waals surface area contributed by atoms with Crippen LogP contribution in [0.5, 0.6) is 0 Å². The molecule has 1 atom stereocenters. The van der Waals surface area contributed by atoms with E-state index in [9.17, 15) is 4.79 Å². The van der Waals surface area contributed by atoms with Gasteiger partial charge in [0.05, 0.1) is 24.0 Å². The predicted octanol–water partition coefficient (Wildman–Crippen LogP) is 2.42. The van der Waals surface area contributed by atoms with Crippen LogP contribution < -0.4 is 5.56 Å². The lowest BCUT2D eigenvalue weighted by Gasteiger charge is -2.26. The van der Waals surface area contributed by atoms with E-state index in [1.807, 2.05) is 18.2 Å². The first kappa shape index (κ1) is 16.3. The Balaban J connectivity index is 1.88. The van der Waals surface area contributed by atoms with E-state index in [2.05, 4.69) is 38.9 Å². The largest absolute Gasteiger partial charge is 0.424 e. The van der Waals surface area contributed by atoms with Crippen LogP contribution in [-0.4, -0.2) is 31.1 Å². The predicted molar refractivity (Wildman–Crippen MR) is 90.4 cm³/mol. The molecule has 1 aromatic carbocycles. The minimum Gasteiger partial charge on any atom is -0.424 e. The standard InChI is InChI=1S/C17H21N5O2/c1-4-11(2)22(10-16-21-20-12(3)24-16)9-15-18-14-8-6-5-7-13(14)17(23)19-15/h5-8,11H,4,9-10H2,1-3H3,(H,18,19,23). The van der Waals surface area contributed by atoms with Gasteiger partial charge in [0.2, 0.25) is 11.8 Å². The van der Waals surface area contributed by atoms with E-state index in [0.29, 0.717) is 41.6 Å². The highest BCUT2D eigenvalue weighted by atomic mass is 16.4. The number of rotatable bonds is 6. The molecule has 126 valence electrons. The van der Waals surface area contributed by atoms with Crippen LogP contribution in [0.1, 0.15) is 37.9 Å². The minimum atomic E-state index is -0.117. The van der Waals surface area contributed by atoms with E-state index in [1.165, 1.54) is 0 Å². The summed E-state index contributed by atoms with van der Waals surface area (Å²) in [5.74, 6) is 1.75. The molecule has 3 rings (SSSR count). The highest BCUT2D eigenvalue weighted by molar-refractivity contribution is 5.77. The van der Waals surface area contributed by atoms with Crippen molar-refractivity contribution < 1.29 is 4.42 Å². The van der Waals surface area contributed by atoms with Crippen molar-refractivity contribution in [3.8, 4) is 0 Å². The lowest BCUT2D eigenvalue weighted by atomic mass is 10.2. The smallest absolute Gasteiger partial charge is 0.258 e. The number of aromatic amines is 1. The van der Waals surface area contributed by atoms with Crippen molar-refractivity contribution in [1.82, 2.24) is 25.1 Å². The molecule has 0 radical (unpaired) electrons. The Kier molecular flexibility index (Phi) is 4.71. The van der Waals surface area contributed by atoms with Crippen LogP contribution in [0.25, 0.3) is 10.9 Å². The Labute approximate surface area is 139 Å². The van der Waals surface area contributed by atoms with Crippen LogP contribution in [0.3, 0.4) is 0 Å². The number of aromatic nitrogens is 4. The molecule has 7 heteroatoms. The molecule has 1 unspecified atom stereocenters. The zero-order valence-corrected chi connectivity index (χ0v) is 14.1. The summed E-state index contributed by atoms with van der Waals surface area (Å²) in [5, 5.41) is 8.53. The minimum absolute atomic E-state index is 0.117. The summed E-state index contributed by atoms with van der Waals surface area (Å²) in [7, 11) is 0. The summed E-state index contributed by atoms with van der Waals surface area (Å²) >= 11 is 0. The third kappa shape index (κ3) is 3.51. The number of para-hydroxylation sites is 1. The molecule has 0 fully saturated rings. The summed E-state index contributed by atoms with van der Waals surface area (Å²) in [6, 6.07) is 7.63. The number of fused-ring (bicyclic) bond motifs is 1. The fourth-order valence-corrected chi connectivity index (χ4v) is 2.60. The lowest BCUT2D eigenvalue weighted by molar-refractivity contribution is 0.163. The molecule has 0 saturated heterocycles. The van der Waals surface area contributed by atoms with Gasteiger partial charge in [-0.3, -0.25) is 9.69 Å². The molecule has 0 spiro atoms. The Hall–Kier alpha value is -2.54. The number of aryl methyl sites for hydroxylation is 1. The topological polar surface area (TPSA) is 87.9 Å². The maximum atomic E-state index is 12.2. The van der Waals surface area contributed by atoms with Crippen LogP contribution >= 0.6 is 0 Å². The Morgan fingerprint density at radius 2 is 2.04 bits per heavy atom. The molecule has 2 heterocycles. The summed E-state index contributed by atoms with van der Waals surface area (Å²) in [6.07, 6.45) is 0.963. The molecular weight excluding hydrogens is 306 g/mol. The molecule has 0 aliphatic heterocycles. The van der Waals surface area contributed by atoms with Gasteiger partial charge < -0.3 is 9.40 Å². The molecule has 3 aromatic rings. The van der Waals surface area contributed by atoms with E-state index < -0.39 is 0 Å². The second-order valence-electron chi connectivity index (χ2n) is 5.91. The SMILES string of the molecule is CCC(C)N(Cc1nc2ccccc2c(=O)[nH]1)Cc1nnc(C)o1. The quantitative estimate of drug-likeness (QED) is 0.748. The van der Waals surface area contributed by atoms with Gasteiger partial charge in [-0.2, -0.15) is 0 Å². The zero-order chi connectivity index (χ0) is 17.1. The molecule has 0 amide bonds. The zero-order valence-electron chi connectivity index (χ0n) is 14.1. The van der Waals surface area contributed by atoms with Gasteiger partial charge in [-0.1, -0.05) is 19.1 Å². The summed E-state index contributed by atoms with van der Waals surface area (Å²) in [6.45, 7) is 7.05. The Bertz CT molecular complexity index is 886. The highest BCUT2D eigenvalue weighted by Crippen LogP contribution is 2.14. The fraction of sp³-hybridized carbons (Fsp3) is 0.412. The van der Waals surface area contributed by atoms with Crippen molar-refractivity contribution in [3.05, 3.63) is 52.2 Å². The van der Waals surface area contributed by atoms with E-state index in [4.69, 9.17) is 4.42 Å². The normalized spacial score (nSPS) is 12.8. The maximum absolute atomic E-state index is 12.2.